The van der Waals surface area contributed by atoms with Crippen molar-refractivity contribution in [3.05, 3.63) is 59.7 Å². The third-order valence-corrected chi connectivity index (χ3v) is 4.48. The van der Waals surface area contributed by atoms with Crippen molar-refractivity contribution in [2.75, 3.05) is 41.4 Å². The first kappa shape index (κ1) is 25.0. The Labute approximate surface area is 191 Å². The molecule has 2 aromatic carbocycles. The first-order valence-electron chi connectivity index (χ1n) is 9.52. The van der Waals surface area contributed by atoms with E-state index in [2.05, 4.69) is 54.8 Å². The van der Waals surface area contributed by atoms with Crippen molar-refractivity contribution in [3.8, 4) is 11.5 Å². The van der Waals surface area contributed by atoms with Gasteiger partial charge in [0.2, 0.25) is 0 Å². The van der Waals surface area contributed by atoms with Crippen molar-refractivity contribution in [2.45, 2.75) is 19.5 Å². The van der Waals surface area contributed by atoms with Gasteiger partial charge in [0.1, 0.15) is 11.5 Å². The summed E-state index contributed by atoms with van der Waals surface area (Å²) in [7, 11) is 7.52. The predicted molar refractivity (Wildman–Crippen MR) is 131 cm³/mol. The number of nitrogens with zero attached hydrogens (tertiary/aromatic N) is 2. The number of aliphatic imine (C=N–C) groups is 1. The van der Waals surface area contributed by atoms with Crippen LogP contribution < -0.4 is 20.1 Å². The Morgan fingerprint density at radius 2 is 1.69 bits per heavy atom. The van der Waals surface area contributed by atoms with Crippen LogP contribution in [-0.4, -0.2) is 52.3 Å². The Hall–Kier alpha value is -2.00. The molecule has 160 valence electrons. The van der Waals surface area contributed by atoms with Crippen LogP contribution in [0.2, 0.25) is 0 Å². The van der Waals surface area contributed by atoms with Crippen molar-refractivity contribution in [3.63, 3.8) is 0 Å². The van der Waals surface area contributed by atoms with Gasteiger partial charge in [-0.25, -0.2) is 4.99 Å². The van der Waals surface area contributed by atoms with Gasteiger partial charge in [0.25, 0.3) is 0 Å². The van der Waals surface area contributed by atoms with Gasteiger partial charge in [0.05, 0.1) is 26.8 Å². The van der Waals surface area contributed by atoms with E-state index < -0.39 is 0 Å². The number of nitrogens with one attached hydrogen (secondary N) is 2. The number of hydrogen-bond donors (Lipinski definition) is 2. The number of rotatable bonds is 9. The van der Waals surface area contributed by atoms with E-state index in [0.29, 0.717) is 6.54 Å². The van der Waals surface area contributed by atoms with Gasteiger partial charge in [-0.15, -0.1) is 24.0 Å². The number of ether oxygens (including phenoxy) is 2. The molecule has 0 fully saturated rings. The Morgan fingerprint density at radius 1 is 1.00 bits per heavy atom. The number of methoxy groups -OCH3 is 2. The molecule has 2 rings (SSSR count). The zero-order chi connectivity index (χ0) is 20.4. The van der Waals surface area contributed by atoms with Crippen LogP contribution in [0.3, 0.4) is 0 Å². The minimum absolute atomic E-state index is 0. The molecule has 0 saturated heterocycles. The van der Waals surface area contributed by atoms with Gasteiger partial charge in [0, 0.05) is 13.1 Å². The lowest BCUT2D eigenvalue weighted by Crippen LogP contribution is -2.41. The summed E-state index contributed by atoms with van der Waals surface area (Å²) >= 11 is 0. The molecule has 0 aromatic heterocycles. The van der Waals surface area contributed by atoms with Gasteiger partial charge < -0.3 is 25.0 Å². The van der Waals surface area contributed by atoms with E-state index in [9.17, 15) is 0 Å². The summed E-state index contributed by atoms with van der Waals surface area (Å²) in [5.74, 6) is 2.51. The molecule has 0 spiro atoms. The fraction of sp³-hybridized carbons (Fsp3) is 0.409. The van der Waals surface area contributed by atoms with E-state index >= 15 is 0 Å². The van der Waals surface area contributed by atoms with Crippen LogP contribution in [0.4, 0.5) is 0 Å². The van der Waals surface area contributed by atoms with Crippen LogP contribution in [0.25, 0.3) is 0 Å². The summed E-state index contributed by atoms with van der Waals surface area (Å²) in [6.45, 7) is 4.19. The quantitative estimate of drug-likeness (QED) is 0.305. The van der Waals surface area contributed by atoms with Crippen LogP contribution in [0.1, 0.15) is 24.1 Å². The summed E-state index contributed by atoms with van der Waals surface area (Å²) in [6.07, 6.45) is 0. The van der Waals surface area contributed by atoms with E-state index in [1.54, 1.807) is 14.2 Å². The highest BCUT2D eigenvalue weighted by molar-refractivity contribution is 14.0. The van der Waals surface area contributed by atoms with E-state index in [1.807, 2.05) is 30.3 Å². The minimum Gasteiger partial charge on any atom is -0.497 e. The van der Waals surface area contributed by atoms with Crippen molar-refractivity contribution in [2.24, 2.45) is 4.99 Å². The smallest absolute Gasteiger partial charge is 0.191 e. The SMILES string of the molecule is CCNC(=NCc1cccc(OC)c1)NCC(c1ccc(OC)cc1)N(C)C.I. The van der Waals surface area contributed by atoms with Gasteiger partial charge in [-0.3, -0.25) is 0 Å². The molecule has 0 aliphatic heterocycles. The topological polar surface area (TPSA) is 58.1 Å². The van der Waals surface area contributed by atoms with E-state index in [0.717, 1.165) is 36.1 Å². The van der Waals surface area contributed by atoms with Crippen LogP contribution in [0, 0.1) is 0 Å². The van der Waals surface area contributed by atoms with Crippen molar-refractivity contribution < 1.29 is 9.47 Å². The molecule has 6 nitrogen and oxygen atoms in total. The maximum atomic E-state index is 5.29. The molecule has 2 N–H and O–H groups in total. The van der Waals surface area contributed by atoms with E-state index in [-0.39, 0.29) is 30.0 Å². The molecule has 1 atom stereocenters. The maximum absolute atomic E-state index is 5.29. The third-order valence-electron chi connectivity index (χ3n) is 4.48. The maximum Gasteiger partial charge on any atom is 0.191 e. The monoisotopic (exact) mass is 512 g/mol. The predicted octanol–water partition coefficient (Wildman–Crippen LogP) is 3.68. The summed E-state index contributed by atoms with van der Waals surface area (Å²) in [5.41, 5.74) is 2.33. The fourth-order valence-electron chi connectivity index (χ4n) is 2.90. The molecule has 2 aromatic rings. The second-order valence-electron chi connectivity index (χ2n) is 6.68. The molecule has 0 amide bonds. The Bertz CT molecular complexity index is 751. The molecule has 0 aliphatic rings. The normalized spacial score (nSPS) is 12.1. The molecule has 0 heterocycles. The van der Waals surface area contributed by atoms with Crippen molar-refractivity contribution >= 4 is 29.9 Å². The van der Waals surface area contributed by atoms with Gasteiger partial charge in [-0.2, -0.15) is 0 Å². The summed E-state index contributed by atoms with van der Waals surface area (Å²) in [6, 6.07) is 16.4. The average Bonchev–Trinajstić information content (AvgIpc) is 2.72. The van der Waals surface area contributed by atoms with E-state index in [4.69, 9.17) is 14.5 Å². The molecule has 29 heavy (non-hydrogen) atoms. The molecule has 7 heteroatoms. The standard InChI is InChI=1S/C22H32N4O2.HI/c1-6-23-22(24-15-17-8-7-9-20(14-17)28-5)25-16-21(26(2)3)18-10-12-19(27-4)13-11-18;/h7-14,21H,6,15-16H2,1-5H3,(H2,23,24,25);1H. The Morgan fingerprint density at radius 3 is 2.28 bits per heavy atom. The largest absolute Gasteiger partial charge is 0.497 e. The molecule has 1 unspecified atom stereocenters. The number of halogens is 1. The number of hydrogen-bond acceptors (Lipinski definition) is 4. The summed E-state index contributed by atoms with van der Waals surface area (Å²) in [5, 5.41) is 6.78. The Balaban J connectivity index is 0.00000420. The van der Waals surface area contributed by atoms with Crippen molar-refractivity contribution in [1.29, 1.82) is 0 Å². The second-order valence-corrected chi connectivity index (χ2v) is 6.68. The third kappa shape index (κ3) is 8.10. The zero-order valence-corrected chi connectivity index (χ0v) is 20.3. The molecule has 0 bridgehead atoms. The van der Waals surface area contributed by atoms with Crippen LogP contribution in [-0.2, 0) is 6.54 Å². The highest BCUT2D eigenvalue weighted by atomic mass is 127. The molecule has 0 saturated carbocycles. The van der Waals surface area contributed by atoms with Gasteiger partial charge >= 0.3 is 0 Å². The lowest BCUT2D eigenvalue weighted by Gasteiger charge is -2.26. The highest BCUT2D eigenvalue weighted by Crippen LogP contribution is 2.20. The lowest BCUT2D eigenvalue weighted by molar-refractivity contribution is 0.298. The highest BCUT2D eigenvalue weighted by Gasteiger charge is 2.15. The minimum atomic E-state index is 0. The van der Waals surface area contributed by atoms with Crippen LogP contribution >= 0.6 is 24.0 Å². The van der Waals surface area contributed by atoms with Crippen LogP contribution in [0.15, 0.2) is 53.5 Å². The zero-order valence-electron chi connectivity index (χ0n) is 17.9. The van der Waals surface area contributed by atoms with Crippen LogP contribution in [0.5, 0.6) is 11.5 Å². The summed E-state index contributed by atoms with van der Waals surface area (Å²) < 4.78 is 10.5. The molecular formula is C22H33IN4O2. The number of benzene rings is 2. The van der Waals surface area contributed by atoms with E-state index in [1.165, 1.54) is 5.56 Å². The molecular weight excluding hydrogens is 479 g/mol. The number of guanidine groups is 1. The summed E-state index contributed by atoms with van der Waals surface area (Å²) in [4.78, 5) is 6.91. The first-order chi connectivity index (χ1) is 13.6. The molecule has 0 aliphatic carbocycles. The molecule has 0 radical (unpaired) electrons. The second kappa shape index (κ2) is 13.3. The number of likely N-dealkylation sites (N-methyl/N-ethyl adjacent to an activating group) is 1. The van der Waals surface area contributed by atoms with Gasteiger partial charge in [-0.1, -0.05) is 24.3 Å². The fourth-order valence-corrected chi connectivity index (χ4v) is 2.90. The lowest BCUT2D eigenvalue weighted by atomic mass is 10.1. The Kier molecular flexibility index (Phi) is 11.5. The van der Waals surface area contributed by atoms with Crippen molar-refractivity contribution in [1.82, 2.24) is 15.5 Å². The van der Waals surface area contributed by atoms with Gasteiger partial charge in [-0.05, 0) is 56.4 Å². The average molecular weight is 512 g/mol. The first-order valence-corrected chi connectivity index (χ1v) is 9.52. The van der Waals surface area contributed by atoms with Gasteiger partial charge in [0.15, 0.2) is 5.96 Å².